The molecule has 0 amide bonds. The number of benzene rings is 2. The lowest BCUT2D eigenvalue weighted by atomic mass is 10.1. The largest absolute Gasteiger partial charge is 0.486 e. The lowest BCUT2D eigenvalue weighted by Crippen LogP contribution is -2.04. The first-order valence-electron chi connectivity index (χ1n) is 9.31. The van der Waals surface area contributed by atoms with Crippen LogP contribution < -0.4 is 4.74 Å². The highest BCUT2D eigenvalue weighted by Crippen LogP contribution is 2.29. The maximum atomic E-state index is 5.85. The molecule has 0 aliphatic heterocycles. The third kappa shape index (κ3) is 4.68. The zero-order valence-electron chi connectivity index (χ0n) is 16.6. The van der Waals surface area contributed by atoms with Gasteiger partial charge in [-0.05, 0) is 37.1 Å². The standard InChI is InChI=1S/C22H22N4OS2/c1-15-7-6-9-18(11-15)27-12-20-24-25-22(26(20)3)29-14-17-13-28-21(23-17)19-10-5-4-8-16(19)2/h4-11,13H,12,14H2,1-3H3. The van der Waals surface area contributed by atoms with Gasteiger partial charge in [0.25, 0.3) is 0 Å². The van der Waals surface area contributed by atoms with Gasteiger partial charge in [-0.2, -0.15) is 0 Å². The number of rotatable bonds is 7. The summed E-state index contributed by atoms with van der Waals surface area (Å²) in [4.78, 5) is 4.79. The Hall–Kier alpha value is -2.64. The molecule has 2 aromatic carbocycles. The fourth-order valence-corrected chi connectivity index (χ4v) is 4.74. The number of thiazole rings is 1. The number of aryl methyl sites for hydroxylation is 2. The maximum Gasteiger partial charge on any atom is 0.191 e. The van der Waals surface area contributed by atoms with Crippen LogP contribution in [0.3, 0.4) is 0 Å². The molecular weight excluding hydrogens is 400 g/mol. The van der Waals surface area contributed by atoms with E-state index < -0.39 is 0 Å². The molecule has 2 heterocycles. The molecule has 0 fully saturated rings. The van der Waals surface area contributed by atoms with Crippen molar-refractivity contribution >= 4 is 23.1 Å². The van der Waals surface area contributed by atoms with Gasteiger partial charge in [-0.15, -0.1) is 21.5 Å². The number of hydrogen-bond acceptors (Lipinski definition) is 6. The fraction of sp³-hybridized carbons (Fsp3) is 0.227. The number of thioether (sulfide) groups is 1. The van der Waals surface area contributed by atoms with E-state index in [-0.39, 0.29) is 0 Å². The van der Waals surface area contributed by atoms with Gasteiger partial charge < -0.3 is 9.30 Å². The molecule has 4 rings (SSSR count). The van der Waals surface area contributed by atoms with Crippen LogP contribution >= 0.6 is 23.1 Å². The Bertz CT molecular complexity index is 1120. The predicted molar refractivity (Wildman–Crippen MR) is 118 cm³/mol. The van der Waals surface area contributed by atoms with E-state index >= 15 is 0 Å². The van der Waals surface area contributed by atoms with E-state index in [1.54, 1.807) is 23.1 Å². The van der Waals surface area contributed by atoms with Crippen molar-refractivity contribution in [3.8, 4) is 16.3 Å². The van der Waals surface area contributed by atoms with E-state index in [9.17, 15) is 0 Å². The number of nitrogens with zero attached hydrogens (tertiary/aromatic N) is 4. The van der Waals surface area contributed by atoms with Crippen LogP contribution in [0.25, 0.3) is 10.6 Å². The van der Waals surface area contributed by atoms with Crippen molar-refractivity contribution in [1.29, 1.82) is 0 Å². The lowest BCUT2D eigenvalue weighted by molar-refractivity contribution is 0.290. The highest BCUT2D eigenvalue weighted by Gasteiger charge is 2.12. The summed E-state index contributed by atoms with van der Waals surface area (Å²) in [6, 6.07) is 16.3. The van der Waals surface area contributed by atoms with Crippen molar-refractivity contribution in [2.45, 2.75) is 31.4 Å². The molecule has 5 nitrogen and oxygen atoms in total. The highest BCUT2D eigenvalue weighted by molar-refractivity contribution is 7.98. The number of ether oxygens (including phenoxy) is 1. The Labute approximate surface area is 178 Å². The predicted octanol–water partition coefficient (Wildman–Crippen LogP) is 5.43. The third-order valence-corrected chi connectivity index (χ3v) is 6.54. The molecule has 148 valence electrons. The summed E-state index contributed by atoms with van der Waals surface area (Å²) in [6.07, 6.45) is 0. The first kappa shape index (κ1) is 19.7. The minimum Gasteiger partial charge on any atom is -0.486 e. The first-order valence-corrected chi connectivity index (χ1v) is 11.2. The van der Waals surface area contributed by atoms with Crippen LogP contribution in [0.4, 0.5) is 0 Å². The van der Waals surface area contributed by atoms with Gasteiger partial charge in [-0.1, -0.05) is 48.2 Å². The van der Waals surface area contributed by atoms with Gasteiger partial charge in [0.2, 0.25) is 0 Å². The van der Waals surface area contributed by atoms with Gasteiger partial charge >= 0.3 is 0 Å². The highest BCUT2D eigenvalue weighted by atomic mass is 32.2. The molecule has 0 saturated heterocycles. The summed E-state index contributed by atoms with van der Waals surface area (Å²) in [5.74, 6) is 2.40. The molecule has 0 radical (unpaired) electrons. The molecule has 0 aliphatic rings. The summed E-state index contributed by atoms with van der Waals surface area (Å²) in [7, 11) is 1.97. The van der Waals surface area contributed by atoms with Crippen LogP contribution in [-0.4, -0.2) is 19.7 Å². The third-order valence-electron chi connectivity index (χ3n) is 4.56. The van der Waals surface area contributed by atoms with E-state index in [4.69, 9.17) is 9.72 Å². The van der Waals surface area contributed by atoms with Crippen LogP contribution in [0.2, 0.25) is 0 Å². The summed E-state index contributed by atoms with van der Waals surface area (Å²) in [5, 5.41) is 12.6. The number of aromatic nitrogens is 4. The quantitative estimate of drug-likeness (QED) is 0.372. The van der Waals surface area contributed by atoms with Gasteiger partial charge in [-0.25, -0.2) is 4.98 Å². The van der Waals surface area contributed by atoms with E-state index in [1.165, 1.54) is 16.7 Å². The zero-order chi connectivity index (χ0) is 20.2. The minimum atomic E-state index is 0.391. The second-order valence-corrected chi connectivity index (χ2v) is 8.61. The van der Waals surface area contributed by atoms with Crippen LogP contribution in [0.15, 0.2) is 59.1 Å². The van der Waals surface area contributed by atoms with Gasteiger partial charge in [0, 0.05) is 23.7 Å². The molecule has 0 saturated carbocycles. The monoisotopic (exact) mass is 422 g/mol. The molecule has 2 aromatic heterocycles. The van der Waals surface area contributed by atoms with Gasteiger partial charge in [0.1, 0.15) is 17.4 Å². The van der Waals surface area contributed by atoms with Gasteiger partial charge in [0.05, 0.1) is 5.69 Å². The van der Waals surface area contributed by atoms with E-state index in [0.717, 1.165) is 33.2 Å². The molecule has 29 heavy (non-hydrogen) atoms. The normalized spacial score (nSPS) is 11.0. The van der Waals surface area contributed by atoms with Crippen molar-refractivity contribution in [1.82, 2.24) is 19.7 Å². The average Bonchev–Trinajstić information content (AvgIpc) is 3.32. The minimum absolute atomic E-state index is 0.391. The van der Waals surface area contributed by atoms with Crippen molar-refractivity contribution in [2.75, 3.05) is 0 Å². The van der Waals surface area contributed by atoms with Gasteiger partial charge in [0.15, 0.2) is 11.0 Å². The summed E-state index contributed by atoms with van der Waals surface area (Å²) < 4.78 is 7.83. The molecule has 7 heteroatoms. The number of hydrogen-bond donors (Lipinski definition) is 0. The SMILES string of the molecule is Cc1cccc(OCc2nnc(SCc3csc(-c4ccccc4C)n3)n2C)c1. The Kier molecular flexibility index (Phi) is 5.97. The van der Waals surface area contributed by atoms with E-state index in [1.807, 2.05) is 42.8 Å². The molecule has 0 atom stereocenters. The van der Waals surface area contributed by atoms with Crippen molar-refractivity contribution in [3.05, 3.63) is 76.6 Å². The summed E-state index contributed by atoms with van der Waals surface area (Å²) in [5.41, 5.74) is 4.67. The second kappa shape index (κ2) is 8.80. The van der Waals surface area contributed by atoms with E-state index in [0.29, 0.717) is 6.61 Å². The molecular formula is C22H22N4OS2. The second-order valence-electron chi connectivity index (χ2n) is 6.81. The molecule has 0 unspecified atom stereocenters. The van der Waals surface area contributed by atoms with Crippen molar-refractivity contribution in [2.24, 2.45) is 7.05 Å². The smallest absolute Gasteiger partial charge is 0.191 e. The lowest BCUT2D eigenvalue weighted by Gasteiger charge is -2.07. The molecule has 4 aromatic rings. The van der Waals surface area contributed by atoms with Crippen LogP contribution in [0.1, 0.15) is 22.6 Å². The molecule has 0 N–H and O–H groups in total. The average molecular weight is 423 g/mol. The van der Waals surface area contributed by atoms with Crippen molar-refractivity contribution in [3.63, 3.8) is 0 Å². The Morgan fingerprint density at radius 1 is 1.07 bits per heavy atom. The van der Waals surface area contributed by atoms with Crippen LogP contribution in [0.5, 0.6) is 5.75 Å². The Morgan fingerprint density at radius 3 is 2.76 bits per heavy atom. The molecule has 0 aliphatic carbocycles. The molecule has 0 spiro atoms. The topological polar surface area (TPSA) is 52.8 Å². The first-order chi connectivity index (χ1) is 14.1. The Balaban J connectivity index is 1.38. The van der Waals surface area contributed by atoms with Crippen LogP contribution in [-0.2, 0) is 19.4 Å². The summed E-state index contributed by atoms with van der Waals surface area (Å²) >= 11 is 3.32. The van der Waals surface area contributed by atoms with Crippen molar-refractivity contribution < 1.29 is 4.74 Å². The van der Waals surface area contributed by atoms with Crippen LogP contribution in [0, 0.1) is 13.8 Å². The Morgan fingerprint density at radius 2 is 1.93 bits per heavy atom. The fourth-order valence-electron chi connectivity index (χ4n) is 2.90. The van der Waals surface area contributed by atoms with E-state index in [2.05, 4.69) is 46.8 Å². The zero-order valence-corrected chi connectivity index (χ0v) is 18.3. The summed E-state index contributed by atoms with van der Waals surface area (Å²) in [6.45, 7) is 4.56. The van der Waals surface area contributed by atoms with Gasteiger partial charge in [-0.3, -0.25) is 0 Å². The molecule has 0 bridgehead atoms. The maximum absolute atomic E-state index is 5.85.